The lowest BCUT2D eigenvalue weighted by Gasteiger charge is -2.39. The minimum atomic E-state index is 0.149. The maximum absolute atomic E-state index is 8.70. The molecule has 0 aromatic rings. The molecule has 0 aromatic heterocycles. The van der Waals surface area contributed by atoms with Gasteiger partial charge in [0.2, 0.25) is 0 Å². The number of nitriles is 1. The van der Waals surface area contributed by atoms with Crippen LogP contribution in [0.25, 0.3) is 0 Å². The van der Waals surface area contributed by atoms with Crippen molar-refractivity contribution in [3.63, 3.8) is 0 Å². The molecular formula is C8H12BN3O. The molecule has 2 aliphatic rings. The minimum absolute atomic E-state index is 0.149. The van der Waals surface area contributed by atoms with Crippen molar-refractivity contribution >= 4 is 12.4 Å². The molecule has 2 heterocycles. The average Bonchev–Trinajstić information content (AvgIpc) is 2.46. The lowest BCUT2D eigenvalue weighted by atomic mass is 9.27. The van der Waals surface area contributed by atoms with Gasteiger partial charge in [0.15, 0.2) is 0 Å². The van der Waals surface area contributed by atoms with E-state index >= 15 is 0 Å². The van der Waals surface area contributed by atoms with Gasteiger partial charge in [0.05, 0.1) is 5.71 Å². The molecule has 2 saturated heterocycles. The molecule has 2 rings (SSSR count). The van der Waals surface area contributed by atoms with E-state index in [2.05, 4.69) is 16.4 Å². The zero-order chi connectivity index (χ0) is 9.31. The summed E-state index contributed by atoms with van der Waals surface area (Å²) >= 11 is 0. The first kappa shape index (κ1) is 8.58. The molecule has 1 N–H and O–H groups in total. The largest absolute Gasteiger partial charge is 0.399 e. The van der Waals surface area contributed by atoms with Crippen LogP contribution in [0, 0.1) is 16.6 Å². The zero-order valence-electron chi connectivity index (χ0n) is 7.71. The van der Waals surface area contributed by atoms with Gasteiger partial charge in [-0.15, -0.1) is 0 Å². The second-order valence-corrected chi connectivity index (χ2v) is 3.84. The van der Waals surface area contributed by atoms with Crippen LogP contribution in [-0.2, 0) is 4.84 Å². The van der Waals surface area contributed by atoms with E-state index in [1.54, 1.807) is 7.11 Å². The molecule has 1 spiro atoms. The highest BCUT2D eigenvalue weighted by Gasteiger charge is 2.52. The van der Waals surface area contributed by atoms with Crippen molar-refractivity contribution in [3.05, 3.63) is 0 Å². The summed E-state index contributed by atoms with van der Waals surface area (Å²) in [5.41, 5.74) is 1.23. The van der Waals surface area contributed by atoms with Crippen molar-refractivity contribution < 1.29 is 4.84 Å². The lowest BCUT2D eigenvalue weighted by molar-refractivity contribution is 0.209. The van der Waals surface area contributed by atoms with E-state index in [4.69, 9.17) is 10.1 Å². The van der Waals surface area contributed by atoms with E-state index in [0.29, 0.717) is 0 Å². The molecule has 0 unspecified atom stereocenters. The predicted molar refractivity (Wildman–Crippen MR) is 50.7 cm³/mol. The molecule has 4 nitrogen and oxygen atoms in total. The van der Waals surface area contributed by atoms with Gasteiger partial charge in [-0.2, -0.15) is 0 Å². The quantitative estimate of drug-likeness (QED) is 0.458. The Balaban J connectivity index is 2.08. The number of nitrogens with one attached hydrogen (secondary N) is 1. The van der Waals surface area contributed by atoms with Gasteiger partial charge in [-0.3, -0.25) is 0 Å². The first-order chi connectivity index (χ1) is 6.30. The van der Waals surface area contributed by atoms with Crippen molar-refractivity contribution in [2.45, 2.75) is 12.6 Å². The molecule has 0 amide bonds. The highest BCUT2D eigenvalue weighted by molar-refractivity contribution is 6.71. The van der Waals surface area contributed by atoms with Gasteiger partial charge in [-0.25, -0.2) is 5.26 Å². The third-order valence-corrected chi connectivity index (χ3v) is 3.03. The van der Waals surface area contributed by atoms with Crippen LogP contribution in [-0.4, -0.2) is 32.6 Å². The molecule has 68 valence electrons. The lowest BCUT2D eigenvalue weighted by Crippen LogP contribution is -2.47. The maximum Gasteiger partial charge on any atom is 0.269 e. The number of oxime groups is 1. The third kappa shape index (κ3) is 1.22. The van der Waals surface area contributed by atoms with E-state index in [0.717, 1.165) is 31.4 Å². The Labute approximate surface area is 78.0 Å². The minimum Gasteiger partial charge on any atom is -0.399 e. The summed E-state index contributed by atoms with van der Waals surface area (Å²) in [6.07, 6.45) is 1.89. The first-order valence-electron chi connectivity index (χ1n) is 4.51. The number of nitrogens with zero attached hydrogens (tertiary/aromatic N) is 2. The van der Waals surface area contributed by atoms with Gasteiger partial charge in [-0.05, 0) is 12.6 Å². The number of hydrogen-bond donors (Lipinski definition) is 1. The summed E-state index contributed by atoms with van der Waals surface area (Å²) in [4.78, 5) is 4.79. The highest BCUT2D eigenvalue weighted by atomic mass is 16.6. The zero-order valence-corrected chi connectivity index (χ0v) is 7.71. The molecule has 13 heavy (non-hydrogen) atoms. The van der Waals surface area contributed by atoms with Crippen LogP contribution in [0.5, 0.6) is 0 Å². The van der Waals surface area contributed by atoms with Crippen molar-refractivity contribution in [2.24, 2.45) is 10.6 Å². The number of hydrogen-bond acceptors (Lipinski definition) is 4. The fourth-order valence-electron chi connectivity index (χ4n) is 2.30. The molecule has 0 aliphatic carbocycles. The summed E-state index contributed by atoms with van der Waals surface area (Å²) in [5, 5.41) is 16.0. The first-order valence-corrected chi connectivity index (χ1v) is 4.51. The molecule has 0 bridgehead atoms. The molecule has 2 fully saturated rings. The Bertz CT molecular complexity index is 278. The van der Waals surface area contributed by atoms with Crippen molar-refractivity contribution in [1.82, 2.24) is 5.32 Å². The normalized spacial score (nSPS) is 27.4. The van der Waals surface area contributed by atoms with Gasteiger partial charge < -0.3 is 10.2 Å². The molecular weight excluding hydrogens is 165 g/mol. The van der Waals surface area contributed by atoms with E-state index in [1.807, 2.05) is 0 Å². The van der Waals surface area contributed by atoms with Gasteiger partial charge >= 0.3 is 0 Å². The van der Waals surface area contributed by atoms with Gasteiger partial charge in [0.25, 0.3) is 6.71 Å². The number of rotatable bonds is 1. The van der Waals surface area contributed by atoms with Gasteiger partial charge in [0, 0.05) is 24.5 Å². The predicted octanol–water partition coefficient (Wildman–Crippen LogP) is 0.150. The molecule has 2 aliphatic heterocycles. The molecule has 5 heteroatoms. The fraction of sp³-hybridized carbons (Fsp3) is 0.750. The van der Waals surface area contributed by atoms with E-state index in [-0.39, 0.29) is 12.1 Å². The van der Waals surface area contributed by atoms with Crippen molar-refractivity contribution in [3.8, 4) is 5.97 Å². The van der Waals surface area contributed by atoms with Gasteiger partial charge in [0.1, 0.15) is 7.11 Å². The monoisotopic (exact) mass is 177 g/mol. The van der Waals surface area contributed by atoms with Crippen LogP contribution in [0.15, 0.2) is 5.16 Å². The van der Waals surface area contributed by atoms with Crippen molar-refractivity contribution in [1.29, 1.82) is 5.26 Å². The van der Waals surface area contributed by atoms with Crippen LogP contribution in [0.4, 0.5) is 0 Å². The summed E-state index contributed by atoms with van der Waals surface area (Å²) in [6, 6.07) is 0. The fourth-order valence-corrected chi connectivity index (χ4v) is 2.30. The van der Waals surface area contributed by atoms with Crippen LogP contribution in [0.1, 0.15) is 0 Å². The highest BCUT2D eigenvalue weighted by Crippen LogP contribution is 2.45. The summed E-state index contributed by atoms with van der Waals surface area (Å²) in [6.45, 7) is 1.99. The molecule has 0 saturated carbocycles. The van der Waals surface area contributed by atoms with Crippen LogP contribution >= 0.6 is 0 Å². The SMILES string of the molecule is CO/N=C1/CNCC12CB(C#N)C2. The van der Waals surface area contributed by atoms with Crippen LogP contribution in [0.2, 0.25) is 12.6 Å². The maximum atomic E-state index is 8.70. The second-order valence-electron chi connectivity index (χ2n) is 3.84. The van der Waals surface area contributed by atoms with Crippen molar-refractivity contribution in [2.75, 3.05) is 20.2 Å². The van der Waals surface area contributed by atoms with E-state index in [9.17, 15) is 0 Å². The standard InChI is InChI=1S/C8H12BN3O/c1-13-12-7-2-11-5-8(7)3-9(4-8)6-10/h11H,2-5H2,1H3/b12-7-. The smallest absolute Gasteiger partial charge is 0.269 e. The molecule has 0 radical (unpaired) electrons. The van der Waals surface area contributed by atoms with Gasteiger partial charge in [-0.1, -0.05) is 5.16 Å². The third-order valence-electron chi connectivity index (χ3n) is 3.03. The van der Waals surface area contributed by atoms with E-state index in [1.165, 1.54) is 0 Å². The topological polar surface area (TPSA) is 57.4 Å². The Morgan fingerprint density at radius 3 is 3.08 bits per heavy atom. The van der Waals surface area contributed by atoms with E-state index < -0.39 is 0 Å². The second kappa shape index (κ2) is 3.04. The molecule has 0 aromatic carbocycles. The Hall–Kier alpha value is -1.02. The summed E-state index contributed by atoms with van der Waals surface area (Å²) < 4.78 is 0. The summed E-state index contributed by atoms with van der Waals surface area (Å²) in [5.74, 6) is 2.29. The Morgan fingerprint density at radius 2 is 2.46 bits per heavy atom. The Kier molecular flexibility index (Phi) is 2.00. The molecule has 0 atom stereocenters. The summed E-state index contributed by atoms with van der Waals surface area (Å²) in [7, 11) is 1.57. The average molecular weight is 177 g/mol. The van der Waals surface area contributed by atoms with Crippen LogP contribution < -0.4 is 5.32 Å². The Morgan fingerprint density at radius 1 is 1.69 bits per heavy atom. The van der Waals surface area contributed by atoms with Crippen LogP contribution in [0.3, 0.4) is 0 Å².